The van der Waals surface area contributed by atoms with Crippen LogP contribution in [0.4, 0.5) is 0 Å². The largest absolute Gasteiger partial charge is 0.339 e. The number of nitrogens with zero attached hydrogens (tertiary/aromatic N) is 1. The first-order valence-corrected chi connectivity index (χ1v) is 7.76. The molecule has 0 unspecified atom stereocenters. The second-order valence-electron chi connectivity index (χ2n) is 5.46. The van der Waals surface area contributed by atoms with Crippen LogP contribution < -0.4 is 5.32 Å². The fourth-order valence-corrected chi connectivity index (χ4v) is 2.87. The molecule has 3 nitrogen and oxygen atoms in total. The number of likely N-dealkylation sites (tertiary alicyclic amines) is 1. The van der Waals surface area contributed by atoms with Crippen LogP contribution in [-0.4, -0.2) is 37.0 Å². The molecule has 0 aromatic heterocycles. The Labute approximate surface area is 138 Å². The molecule has 1 N–H and O–H groups in total. The van der Waals surface area contributed by atoms with Crippen LogP contribution in [-0.2, 0) is 0 Å². The zero-order valence-electron chi connectivity index (χ0n) is 12.7. The lowest BCUT2D eigenvalue weighted by atomic mass is 9.96. The van der Waals surface area contributed by atoms with Crippen molar-refractivity contribution in [3.63, 3.8) is 0 Å². The van der Waals surface area contributed by atoms with Crippen LogP contribution in [0.15, 0.2) is 18.2 Å². The number of hydrogen-bond donors (Lipinski definition) is 1. The fraction of sp³-hybridized carbons (Fsp3) is 0.562. The molecule has 5 heteroatoms. The molecule has 0 saturated carbocycles. The van der Waals surface area contributed by atoms with Gasteiger partial charge in [0.15, 0.2) is 0 Å². The van der Waals surface area contributed by atoms with Gasteiger partial charge in [0.1, 0.15) is 0 Å². The molecule has 1 saturated heterocycles. The molecular weight excluding hydrogens is 307 g/mol. The third-order valence-electron chi connectivity index (χ3n) is 4.08. The summed E-state index contributed by atoms with van der Waals surface area (Å²) < 4.78 is 0. The molecule has 0 aliphatic carbocycles. The van der Waals surface area contributed by atoms with Crippen LogP contribution >= 0.6 is 24.0 Å². The Morgan fingerprint density at radius 3 is 2.67 bits per heavy atom. The van der Waals surface area contributed by atoms with E-state index in [1.807, 2.05) is 30.0 Å². The highest BCUT2D eigenvalue weighted by Gasteiger charge is 2.24. The number of halogens is 2. The van der Waals surface area contributed by atoms with E-state index in [1.165, 1.54) is 0 Å². The average Bonchev–Trinajstić information content (AvgIpc) is 2.48. The molecule has 1 aliphatic rings. The van der Waals surface area contributed by atoms with Crippen LogP contribution in [0.5, 0.6) is 0 Å². The lowest BCUT2D eigenvalue weighted by Crippen LogP contribution is -2.41. The third kappa shape index (κ3) is 4.60. The predicted octanol–water partition coefficient (Wildman–Crippen LogP) is 3.53. The summed E-state index contributed by atoms with van der Waals surface area (Å²) in [6.07, 6.45) is 2.16. The Balaban J connectivity index is 0.00000220. The Bertz CT molecular complexity index is 471. The predicted molar refractivity (Wildman–Crippen MR) is 90.6 cm³/mol. The van der Waals surface area contributed by atoms with Crippen molar-refractivity contribution < 1.29 is 4.79 Å². The van der Waals surface area contributed by atoms with Crippen LogP contribution in [0, 0.1) is 12.8 Å². The summed E-state index contributed by atoms with van der Waals surface area (Å²) in [5.74, 6) is 0.811. The Hall–Kier alpha value is -0.770. The zero-order chi connectivity index (χ0) is 14.5. The molecule has 0 bridgehead atoms. The average molecular weight is 331 g/mol. The lowest BCUT2D eigenvalue weighted by molar-refractivity contribution is 0.0689. The van der Waals surface area contributed by atoms with Gasteiger partial charge in [0.05, 0.1) is 0 Å². The molecule has 1 amide bonds. The Kier molecular flexibility index (Phi) is 7.50. The van der Waals surface area contributed by atoms with E-state index in [0.29, 0.717) is 10.9 Å². The molecule has 0 radical (unpaired) electrons. The fourth-order valence-electron chi connectivity index (χ4n) is 2.70. The van der Waals surface area contributed by atoms with Crippen molar-refractivity contribution in [2.75, 3.05) is 26.2 Å². The zero-order valence-corrected chi connectivity index (χ0v) is 14.3. The molecule has 118 valence electrons. The van der Waals surface area contributed by atoms with Gasteiger partial charge in [-0.15, -0.1) is 12.4 Å². The molecule has 1 aliphatic heterocycles. The first-order valence-electron chi connectivity index (χ1n) is 7.38. The van der Waals surface area contributed by atoms with Crippen LogP contribution in [0.3, 0.4) is 0 Å². The van der Waals surface area contributed by atoms with Gasteiger partial charge in [-0.25, -0.2) is 0 Å². The summed E-state index contributed by atoms with van der Waals surface area (Å²) in [5, 5.41) is 4.05. The van der Waals surface area contributed by atoms with Gasteiger partial charge in [-0.3, -0.25) is 4.79 Å². The van der Waals surface area contributed by atoms with Gasteiger partial charge in [0.25, 0.3) is 5.91 Å². The number of hydrogen-bond acceptors (Lipinski definition) is 2. The topological polar surface area (TPSA) is 32.3 Å². The number of benzene rings is 1. The van der Waals surface area contributed by atoms with Crippen LogP contribution in [0.2, 0.25) is 5.02 Å². The normalized spacial score (nSPS) is 15.7. The van der Waals surface area contributed by atoms with Crippen molar-refractivity contribution in [3.05, 3.63) is 34.3 Å². The minimum absolute atomic E-state index is 0. The summed E-state index contributed by atoms with van der Waals surface area (Å²) in [5.41, 5.74) is 1.62. The van der Waals surface area contributed by atoms with Crippen molar-refractivity contribution in [1.29, 1.82) is 0 Å². The monoisotopic (exact) mass is 330 g/mol. The van der Waals surface area contributed by atoms with E-state index < -0.39 is 0 Å². The molecule has 21 heavy (non-hydrogen) atoms. The highest BCUT2D eigenvalue weighted by molar-refractivity contribution is 6.31. The van der Waals surface area contributed by atoms with Gasteiger partial charge in [-0.05, 0) is 56.5 Å². The molecule has 2 rings (SSSR count). The van der Waals surface area contributed by atoms with E-state index in [2.05, 4.69) is 12.2 Å². The maximum atomic E-state index is 12.5. The van der Waals surface area contributed by atoms with Crippen molar-refractivity contribution in [2.24, 2.45) is 5.92 Å². The van der Waals surface area contributed by atoms with Crippen molar-refractivity contribution in [1.82, 2.24) is 10.2 Å². The smallest absolute Gasteiger partial charge is 0.254 e. The second kappa shape index (κ2) is 8.62. The van der Waals surface area contributed by atoms with Gasteiger partial charge < -0.3 is 10.2 Å². The van der Waals surface area contributed by atoms with Crippen LogP contribution in [0.25, 0.3) is 0 Å². The molecule has 1 fully saturated rings. The summed E-state index contributed by atoms with van der Waals surface area (Å²) in [6.45, 7) is 7.81. The first kappa shape index (κ1) is 18.3. The maximum absolute atomic E-state index is 12.5. The third-order valence-corrected chi connectivity index (χ3v) is 4.49. The lowest BCUT2D eigenvalue weighted by Gasteiger charge is -2.32. The molecular formula is C16H24Cl2N2O. The van der Waals surface area contributed by atoms with Crippen molar-refractivity contribution in [3.8, 4) is 0 Å². The minimum Gasteiger partial charge on any atom is -0.339 e. The molecule has 1 heterocycles. The SMILES string of the molecule is CCNCC1CCN(C(=O)c2cccc(Cl)c2C)CC1.Cl. The van der Waals surface area contributed by atoms with Gasteiger partial charge in [0.2, 0.25) is 0 Å². The Morgan fingerprint density at radius 2 is 2.05 bits per heavy atom. The van der Waals surface area contributed by atoms with E-state index in [1.54, 1.807) is 0 Å². The van der Waals surface area contributed by atoms with Crippen molar-refractivity contribution >= 4 is 29.9 Å². The molecule has 0 spiro atoms. The maximum Gasteiger partial charge on any atom is 0.254 e. The highest BCUT2D eigenvalue weighted by Crippen LogP contribution is 2.23. The molecule has 1 aromatic carbocycles. The van der Waals surface area contributed by atoms with Crippen LogP contribution in [0.1, 0.15) is 35.7 Å². The van der Waals surface area contributed by atoms with Gasteiger partial charge >= 0.3 is 0 Å². The van der Waals surface area contributed by atoms with Gasteiger partial charge in [-0.2, -0.15) is 0 Å². The minimum atomic E-state index is 0. The first-order chi connectivity index (χ1) is 9.63. The Morgan fingerprint density at radius 1 is 1.38 bits per heavy atom. The number of carbonyl (C=O) groups is 1. The van der Waals surface area contributed by atoms with E-state index in [4.69, 9.17) is 11.6 Å². The molecule has 0 atom stereocenters. The molecule has 1 aromatic rings. The number of rotatable bonds is 4. The van der Waals surface area contributed by atoms with Crippen molar-refractivity contribution in [2.45, 2.75) is 26.7 Å². The number of piperidine rings is 1. The standard InChI is InChI=1S/C16H23ClN2O.ClH/c1-3-18-11-13-7-9-19(10-8-13)16(20)14-5-4-6-15(17)12(14)2;/h4-6,13,18H,3,7-11H2,1-2H3;1H. The van der Waals surface area contributed by atoms with Gasteiger partial charge in [-0.1, -0.05) is 24.6 Å². The quantitative estimate of drug-likeness (QED) is 0.915. The van der Waals surface area contributed by atoms with E-state index in [0.717, 1.165) is 50.1 Å². The second-order valence-corrected chi connectivity index (χ2v) is 5.86. The number of nitrogens with one attached hydrogen (secondary N) is 1. The summed E-state index contributed by atoms with van der Waals surface area (Å²) >= 11 is 6.10. The van der Waals surface area contributed by atoms with Gasteiger partial charge in [0, 0.05) is 23.7 Å². The summed E-state index contributed by atoms with van der Waals surface area (Å²) in [6, 6.07) is 5.55. The number of carbonyl (C=O) groups excluding carboxylic acids is 1. The highest BCUT2D eigenvalue weighted by atomic mass is 35.5. The van der Waals surface area contributed by atoms with E-state index in [9.17, 15) is 4.79 Å². The van der Waals surface area contributed by atoms with E-state index in [-0.39, 0.29) is 18.3 Å². The summed E-state index contributed by atoms with van der Waals surface area (Å²) in [7, 11) is 0. The van der Waals surface area contributed by atoms with E-state index >= 15 is 0 Å². The number of amides is 1. The summed E-state index contributed by atoms with van der Waals surface area (Å²) in [4.78, 5) is 14.5.